The van der Waals surface area contributed by atoms with Crippen LogP contribution in [0.1, 0.15) is 34.1 Å². The molecule has 0 spiro atoms. The van der Waals surface area contributed by atoms with E-state index in [0.717, 1.165) is 0 Å². The van der Waals surface area contributed by atoms with Crippen LogP contribution in [0.3, 0.4) is 0 Å². The summed E-state index contributed by atoms with van der Waals surface area (Å²) >= 11 is 0. The molecule has 7 heteroatoms. The maximum Gasteiger partial charge on any atom is 0.312 e. The number of carbonyl (C=O) groups is 2. The molecule has 1 aliphatic rings. The second kappa shape index (κ2) is 5.10. The van der Waals surface area contributed by atoms with Gasteiger partial charge in [-0.1, -0.05) is 12.1 Å². The molecule has 1 aromatic heterocycles. The van der Waals surface area contributed by atoms with Crippen LogP contribution in [-0.4, -0.2) is 26.3 Å². The van der Waals surface area contributed by atoms with Crippen molar-refractivity contribution in [2.45, 2.75) is 18.9 Å². The fourth-order valence-electron chi connectivity index (χ4n) is 2.85. The zero-order chi connectivity index (χ0) is 15.9. The highest BCUT2D eigenvalue weighted by molar-refractivity contribution is 6.10. The minimum Gasteiger partial charge on any atom is -0.481 e. The van der Waals surface area contributed by atoms with Crippen molar-refractivity contribution in [3.05, 3.63) is 63.5 Å². The number of fused-ring (bicyclic) bond motifs is 1. The van der Waals surface area contributed by atoms with Gasteiger partial charge in [0, 0.05) is 18.3 Å². The van der Waals surface area contributed by atoms with Crippen LogP contribution in [0.4, 0.5) is 5.69 Å². The van der Waals surface area contributed by atoms with Gasteiger partial charge in [0.1, 0.15) is 5.56 Å². The number of rotatable bonds is 4. The molecule has 1 aromatic carbocycles. The standard InChI is InChI=1S/C15H12N2O5/c18-14(9-3-1-2-4-12(9)17(21)22)13-6-5-11-10(15(19)20)7-8-16(11)13/h1-6,10H,7-8H2,(H,19,20). The summed E-state index contributed by atoms with van der Waals surface area (Å²) < 4.78 is 1.64. The van der Waals surface area contributed by atoms with E-state index in [2.05, 4.69) is 0 Å². The normalized spacial score (nSPS) is 16.3. The molecule has 0 fully saturated rings. The largest absolute Gasteiger partial charge is 0.481 e. The number of nitro groups is 1. The van der Waals surface area contributed by atoms with Gasteiger partial charge in [0.05, 0.1) is 16.5 Å². The van der Waals surface area contributed by atoms with Gasteiger partial charge < -0.3 is 9.67 Å². The fourth-order valence-corrected chi connectivity index (χ4v) is 2.85. The third-order valence-electron chi connectivity index (χ3n) is 3.89. The number of para-hydroxylation sites is 1. The highest BCUT2D eigenvalue weighted by Crippen LogP contribution is 2.32. The minimum atomic E-state index is -0.929. The highest BCUT2D eigenvalue weighted by atomic mass is 16.6. The Morgan fingerprint density at radius 3 is 2.64 bits per heavy atom. The SMILES string of the molecule is O=C(c1ccccc1[N+](=O)[O-])c1ccc2n1CCC2C(=O)O. The summed E-state index contributed by atoms with van der Waals surface area (Å²) in [5.41, 5.74) is 0.602. The number of aliphatic carboxylic acids is 1. The first kappa shape index (κ1) is 14.0. The fraction of sp³-hybridized carbons (Fsp3) is 0.200. The van der Waals surface area contributed by atoms with E-state index in [0.29, 0.717) is 18.7 Å². The summed E-state index contributed by atoms with van der Waals surface area (Å²) in [5.74, 6) is -2.03. The number of hydrogen-bond acceptors (Lipinski definition) is 4. The van der Waals surface area contributed by atoms with Crippen LogP contribution in [0.2, 0.25) is 0 Å². The van der Waals surface area contributed by atoms with Crippen LogP contribution in [0.15, 0.2) is 36.4 Å². The van der Waals surface area contributed by atoms with Gasteiger partial charge in [0.25, 0.3) is 5.69 Å². The predicted molar refractivity (Wildman–Crippen MR) is 76.0 cm³/mol. The molecular formula is C15H12N2O5. The molecule has 2 aromatic rings. The van der Waals surface area contributed by atoms with Crippen LogP contribution < -0.4 is 0 Å². The molecular weight excluding hydrogens is 288 g/mol. The molecule has 0 saturated heterocycles. The average molecular weight is 300 g/mol. The molecule has 7 nitrogen and oxygen atoms in total. The number of carboxylic acids is 1. The summed E-state index contributed by atoms with van der Waals surface area (Å²) in [4.78, 5) is 34.2. The van der Waals surface area contributed by atoms with E-state index in [1.165, 1.54) is 24.3 Å². The molecule has 112 valence electrons. The number of aromatic nitrogens is 1. The van der Waals surface area contributed by atoms with Crippen molar-refractivity contribution in [1.82, 2.24) is 4.57 Å². The van der Waals surface area contributed by atoms with Gasteiger partial charge in [-0.05, 0) is 24.6 Å². The van der Waals surface area contributed by atoms with Gasteiger partial charge >= 0.3 is 5.97 Å². The Balaban J connectivity index is 2.04. The van der Waals surface area contributed by atoms with E-state index in [-0.39, 0.29) is 16.9 Å². The molecule has 1 N–H and O–H groups in total. The maximum atomic E-state index is 12.6. The lowest BCUT2D eigenvalue weighted by atomic mass is 10.0. The third-order valence-corrected chi connectivity index (χ3v) is 3.89. The zero-order valence-corrected chi connectivity index (χ0v) is 11.4. The first-order valence-electron chi connectivity index (χ1n) is 6.71. The van der Waals surface area contributed by atoms with Crippen molar-refractivity contribution in [2.75, 3.05) is 0 Å². The van der Waals surface area contributed by atoms with E-state index in [9.17, 15) is 19.7 Å². The average Bonchev–Trinajstić information content (AvgIpc) is 3.07. The van der Waals surface area contributed by atoms with Crippen molar-refractivity contribution >= 4 is 17.4 Å². The molecule has 1 unspecified atom stereocenters. The summed E-state index contributed by atoms with van der Waals surface area (Å²) in [5, 5.41) is 20.2. The maximum absolute atomic E-state index is 12.6. The molecule has 1 atom stereocenters. The number of nitrogens with zero attached hydrogens (tertiary/aromatic N) is 2. The Hall–Kier alpha value is -2.96. The van der Waals surface area contributed by atoms with E-state index in [1.807, 2.05) is 0 Å². The monoisotopic (exact) mass is 300 g/mol. The lowest BCUT2D eigenvalue weighted by Crippen LogP contribution is -2.11. The van der Waals surface area contributed by atoms with E-state index >= 15 is 0 Å². The Morgan fingerprint density at radius 2 is 1.95 bits per heavy atom. The van der Waals surface area contributed by atoms with Crippen LogP contribution in [0.5, 0.6) is 0 Å². The molecule has 0 bridgehead atoms. The molecule has 0 saturated carbocycles. The molecule has 0 amide bonds. The quantitative estimate of drug-likeness (QED) is 0.529. The Morgan fingerprint density at radius 1 is 1.23 bits per heavy atom. The first-order chi connectivity index (χ1) is 10.5. The van der Waals surface area contributed by atoms with Crippen LogP contribution >= 0.6 is 0 Å². The zero-order valence-electron chi connectivity index (χ0n) is 11.4. The van der Waals surface area contributed by atoms with Crippen molar-refractivity contribution in [3.8, 4) is 0 Å². The van der Waals surface area contributed by atoms with E-state index in [1.54, 1.807) is 16.7 Å². The van der Waals surface area contributed by atoms with Crippen molar-refractivity contribution in [1.29, 1.82) is 0 Å². The number of hydrogen-bond donors (Lipinski definition) is 1. The first-order valence-corrected chi connectivity index (χ1v) is 6.71. The number of carboxylic acid groups (broad SMARTS) is 1. The number of nitro benzene ring substituents is 1. The van der Waals surface area contributed by atoms with Crippen molar-refractivity contribution in [2.24, 2.45) is 0 Å². The van der Waals surface area contributed by atoms with Crippen LogP contribution in [0, 0.1) is 10.1 Å². The predicted octanol–water partition coefficient (Wildman–Crippen LogP) is 2.20. The topological polar surface area (TPSA) is 102 Å². The van der Waals surface area contributed by atoms with Gasteiger partial charge in [-0.25, -0.2) is 0 Å². The number of ketones is 1. The summed E-state index contributed by atoms with van der Waals surface area (Å²) in [6.45, 7) is 0.418. The van der Waals surface area contributed by atoms with Crippen molar-refractivity contribution < 1.29 is 19.6 Å². The summed E-state index contributed by atoms with van der Waals surface area (Å²) in [6, 6.07) is 8.88. The summed E-state index contributed by atoms with van der Waals surface area (Å²) in [6.07, 6.45) is 0.419. The molecule has 22 heavy (non-hydrogen) atoms. The molecule has 3 rings (SSSR count). The van der Waals surface area contributed by atoms with Gasteiger partial charge in [0.2, 0.25) is 5.78 Å². The van der Waals surface area contributed by atoms with Gasteiger partial charge in [0.15, 0.2) is 0 Å². The van der Waals surface area contributed by atoms with Crippen molar-refractivity contribution in [3.63, 3.8) is 0 Å². The second-order valence-electron chi connectivity index (χ2n) is 5.08. The van der Waals surface area contributed by atoms with Gasteiger partial charge in [-0.3, -0.25) is 19.7 Å². The van der Waals surface area contributed by atoms with Crippen LogP contribution in [0.25, 0.3) is 0 Å². The Kier molecular flexibility index (Phi) is 3.25. The smallest absolute Gasteiger partial charge is 0.312 e. The number of benzene rings is 1. The molecule has 0 radical (unpaired) electrons. The van der Waals surface area contributed by atoms with E-state index in [4.69, 9.17) is 5.11 Å². The molecule has 1 aliphatic heterocycles. The highest BCUT2D eigenvalue weighted by Gasteiger charge is 2.32. The van der Waals surface area contributed by atoms with Gasteiger partial charge in [-0.15, -0.1) is 0 Å². The summed E-state index contributed by atoms with van der Waals surface area (Å²) in [7, 11) is 0. The lowest BCUT2D eigenvalue weighted by Gasteiger charge is -2.06. The van der Waals surface area contributed by atoms with E-state index < -0.39 is 22.6 Å². The Bertz CT molecular complexity index is 793. The molecule has 2 heterocycles. The van der Waals surface area contributed by atoms with Gasteiger partial charge in [-0.2, -0.15) is 0 Å². The Labute approximate surface area is 124 Å². The minimum absolute atomic E-state index is 0.00664. The number of carbonyl (C=O) groups excluding carboxylic acids is 1. The third kappa shape index (κ3) is 2.07. The van der Waals surface area contributed by atoms with Crippen LogP contribution in [-0.2, 0) is 11.3 Å². The molecule has 0 aliphatic carbocycles. The lowest BCUT2D eigenvalue weighted by molar-refractivity contribution is -0.385. The second-order valence-corrected chi connectivity index (χ2v) is 5.08.